The molecule has 11 heteroatoms. The van der Waals surface area contributed by atoms with E-state index in [1.165, 1.54) is 13.8 Å². The quantitative estimate of drug-likeness (QED) is 0.267. The molecule has 3 aromatic rings. The summed E-state index contributed by atoms with van der Waals surface area (Å²) >= 11 is 0. The maximum Gasteiger partial charge on any atom is 0.408 e. The first-order valence-electron chi connectivity index (χ1n) is 15.6. The summed E-state index contributed by atoms with van der Waals surface area (Å²) < 4.78 is 12.9. The maximum atomic E-state index is 13.6. The van der Waals surface area contributed by atoms with Crippen LogP contribution in [0.15, 0.2) is 79.1 Å². The molecule has 4 rings (SSSR count). The summed E-state index contributed by atoms with van der Waals surface area (Å²) in [5, 5.41) is 8.16. The first kappa shape index (κ1) is 34.2. The zero-order valence-electron chi connectivity index (χ0n) is 27.2. The predicted molar refractivity (Wildman–Crippen MR) is 175 cm³/mol. The van der Waals surface area contributed by atoms with Crippen LogP contribution in [0.1, 0.15) is 64.6 Å². The second-order valence-corrected chi connectivity index (χ2v) is 13.0. The number of benzene rings is 2. The Morgan fingerprint density at radius 2 is 1.50 bits per heavy atom. The van der Waals surface area contributed by atoms with Gasteiger partial charge in [0.1, 0.15) is 23.2 Å². The molecule has 3 N–H and O–H groups in total. The van der Waals surface area contributed by atoms with E-state index in [0.717, 1.165) is 37.1 Å². The molecule has 0 saturated carbocycles. The Bertz CT molecular complexity index is 1480. The number of hydrogen-bond donors (Lipinski definition) is 3. The van der Waals surface area contributed by atoms with Crippen LogP contribution < -0.4 is 16.0 Å². The van der Waals surface area contributed by atoms with Gasteiger partial charge in [-0.25, -0.2) is 4.79 Å². The van der Waals surface area contributed by atoms with Crippen molar-refractivity contribution < 1.29 is 28.7 Å². The average molecular weight is 632 g/mol. The highest BCUT2D eigenvalue weighted by atomic mass is 16.6. The smallest absolute Gasteiger partial charge is 0.408 e. The Morgan fingerprint density at radius 1 is 0.870 bits per heavy atom. The summed E-state index contributed by atoms with van der Waals surface area (Å²) in [5.74, 6) is -1.12. The number of carbonyl (C=O) groups excluding carboxylic acids is 4. The van der Waals surface area contributed by atoms with E-state index >= 15 is 0 Å². The number of likely N-dealkylation sites (tertiary alicyclic amines) is 1. The second-order valence-electron chi connectivity index (χ2n) is 13.0. The number of nitrogens with zero attached hydrogens (tertiary/aromatic N) is 2. The Morgan fingerprint density at radius 3 is 2.13 bits per heavy atom. The average Bonchev–Trinajstić information content (AvgIpc) is 3.69. The van der Waals surface area contributed by atoms with Crippen molar-refractivity contribution in [3.63, 3.8) is 0 Å². The highest BCUT2D eigenvalue weighted by molar-refractivity contribution is 5.99. The predicted octanol–water partition coefficient (Wildman–Crippen LogP) is 4.64. The zero-order valence-corrected chi connectivity index (χ0v) is 27.2. The lowest BCUT2D eigenvalue weighted by atomic mass is 10.0. The van der Waals surface area contributed by atoms with Crippen molar-refractivity contribution in [3.8, 4) is 0 Å². The topological polar surface area (TPSA) is 131 Å². The van der Waals surface area contributed by atoms with E-state index in [1.54, 1.807) is 43.8 Å². The van der Waals surface area contributed by atoms with E-state index in [2.05, 4.69) is 16.0 Å². The van der Waals surface area contributed by atoms with Crippen LogP contribution in [0.2, 0.25) is 0 Å². The monoisotopic (exact) mass is 631 g/mol. The Kier molecular flexibility index (Phi) is 11.2. The van der Waals surface area contributed by atoms with Gasteiger partial charge in [0.25, 0.3) is 0 Å². The number of ether oxygens (including phenoxy) is 2. The van der Waals surface area contributed by atoms with Crippen molar-refractivity contribution in [2.45, 2.75) is 77.3 Å². The number of alkyl carbamates (subject to hydrolysis) is 1. The molecule has 11 nitrogen and oxygen atoms in total. The Balaban J connectivity index is 1.49. The van der Waals surface area contributed by atoms with Crippen molar-refractivity contribution in [3.05, 3.63) is 90.3 Å². The molecule has 0 aliphatic carbocycles. The van der Waals surface area contributed by atoms with Gasteiger partial charge < -0.3 is 34.9 Å². The molecule has 1 saturated heterocycles. The van der Waals surface area contributed by atoms with Crippen LogP contribution in [0.4, 0.5) is 10.5 Å². The van der Waals surface area contributed by atoms with E-state index in [1.807, 2.05) is 65.6 Å². The number of hydrogen-bond acceptors (Lipinski definition) is 6. The van der Waals surface area contributed by atoms with Gasteiger partial charge in [0.2, 0.25) is 17.7 Å². The van der Waals surface area contributed by atoms with Crippen LogP contribution in [0.3, 0.4) is 0 Å². The summed E-state index contributed by atoms with van der Waals surface area (Å²) in [5.41, 5.74) is 0.0502. The largest absolute Gasteiger partial charge is 0.444 e. The molecule has 46 heavy (non-hydrogen) atoms. The molecular formula is C35H45N5O6. The van der Waals surface area contributed by atoms with E-state index in [-0.39, 0.29) is 19.1 Å². The summed E-state index contributed by atoms with van der Waals surface area (Å²) in [7, 11) is 0. The van der Waals surface area contributed by atoms with Crippen molar-refractivity contribution >= 4 is 29.5 Å². The van der Waals surface area contributed by atoms with Gasteiger partial charge in [0.15, 0.2) is 0 Å². The third kappa shape index (κ3) is 9.68. The van der Waals surface area contributed by atoms with Crippen molar-refractivity contribution in [2.24, 2.45) is 0 Å². The molecule has 1 aromatic heterocycles. The normalized spacial score (nSPS) is 14.7. The van der Waals surface area contributed by atoms with Gasteiger partial charge in [-0.15, -0.1) is 0 Å². The molecule has 2 aromatic carbocycles. The minimum absolute atomic E-state index is 0.00338. The third-order valence-electron chi connectivity index (χ3n) is 7.45. The lowest BCUT2D eigenvalue weighted by Crippen LogP contribution is -2.59. The van der Waals surface area contributed by atoms with E-state index in [9.17, 15) is 19.2 Å². The molecule has 1 aliphatic heterocycles. The first-order chi connectivity index (χ1) is 21.8. The summed E-state index contributed by atoms with van der Waals surface area (Å²) in [6, 6.07) is 19.0. The number of amides is 4. The van der Waals surface area contributed by atoms with Crippen molar-refractivity contribution in [2.75, 3.05) is 25.0 Å². The molecule has 1 aliphatic rings. The van der Waals surface area contributed by atoms with Gasteiger partial charge in [0.05, 0.1) is 18.9 Å². The lowest BCUT2D eigenvalue weighted by Gasteiger charge is -2.29. The summed E-state index contributed by atoms with van der Waals surface area (Å²) in [6.45, 7) is 9.75. The Labute approximate surface area is 270 Å². The minimum atomic E-state index is -1.40. The van der Waals surface area contributed by atoms with Crippen LogP contribution in [-0.2, 0) is 30.5 Å². The van der Waals surface area contributed by atoms with Gasteiger partial charge in [0, 0.05) is 25.5 Å². The molecule has 246 valence electrons. The fourth-order valence-corrected chi connectivity index (χ4v) is 5.07. The van der Waals surface area contributed by atoms with Crippen LogP contribution in [-0.4, -0.2) is 70.2 Å². The standard InChI is InChI=1S/C35H45N5O6/c1-34(2,3)46-33(44)38-35(4,5)32(43)37-28(24-45-23-25-14-8-6-9-15-25)30(41)36-27-18-21-40(22-27)29(26-16-10-7-11-17-26)31(42)39-19-12-13-20-39/h6-11,14-18,21-22,28-29H,12-13,19-20,23-24H2,1-5H3,(H,36,41)(H,37,43)(H,38,44)/t28-,29?/m1/s1. The van der Waals surface area contributed by atoms with Gasteiger partial charge in [-0.2, -0.15) is 0 Å². The van der Waals surface area contributed by atoms with Crippen molar-refractivity contribution in [1.29, 1.82) is 0 Å². The molecule has 0 radical (unpaired) electrons. The number of rotatable bonds is 12. The van der Waals surface area contributed by atoms with Crippen LogP contribution in [0, 0.1) is 0 Å². The molecule has 1 fully saturated rings. The van der Waals surface area contributed by atoms with Crippen LogP contribution in [0.5, 0.6) is 0 Å². The van der Waals surface area contributed by atoms with E-state index in [4.69, 9.17) is 9.47 Å². The number of carbonyl (C=O) groups is 4. The molecule has 2 heterocycles. The molecule has 1 unspecified atom stereocenters. The molecule has 0 bridgehead atoms. The van der Waals surface area contributed by atoms with Gasteiger partial charge in [-0.3, -0.25) is 14.4 Å². The molecule has 0 spiro atoms. The Hall–Kier alpha value is -4.64. The van der Waals surface area contributed by atoms with Gasteiger partial charge in [-0.1, -0.05) is 60.7 Å². The second kappa shape index (κ2) is 15.1. The van der Waals surface area contributed by atoms with Gasteiger partial charge in [-0.05, 0) is 64.7 Å². The van der Waals surface area contributed by atoms with Crippen molar-refractivity contribution in [1.82, 2.24) is 20.1 Å². The SMILES string of the molecule is CC(C)(C)OC(=O)NC(C)(C)C(=O)N[C@H](COCc1ccccc1)C(=O)Nc1ccn(C(C(=O)N2CCCC2)c2ccccc2)c1. The first-order valence-corrected chi connectivity index (χ1v) is 15.6. The molecule has 2 atom stereocenters. The van der Waals surface area contributed by atoms with E-state index in [0.29, 0.717) is 5.69 Å². The molecular weight excluding hydrogens is 586 g/mol. The highest BCUT2D eigenvalue weighted by Gasteiger charge is 2.35. The zero-order chi connectivity index (χ0) is 33.3. The van der Waals surface area contributed by atoms with Crippen LogP contribution >= 0.6 is 0 Å². The van der Waals surface area contributed by atoms with E-state index < -0.39 is 41.1 Å². The number of anilines is 1. The maximum absolute atomic E-state index is 13.6. The lowest BCUT2D eigenvalue weighted by molar-refractivity contribution is -0.132. The molecule has 4 amide bonds. The van der Waals surface area contributed by atoms with Gasteiger partial charge >= 0.3 is 6.09 Å². The minimum Gasteiger partial charge on any atom is -0.444 e. The summed E-state index contributed by atoms with van der Waals surface area (Å²) in [4.78, 5) is 54.9. The highest BCUT2D eigenvalue weighted by Crippen LogP contribution is 2.25. The third-order valence-corrected chi connectivity index (χ3v) is 7.45. The fraction of sp³-hybridized carbons (Fsp3) is 0.429. The summed E-state index contributed by atoms with van der Waals surface area (Å²) in [6.07, 6.45) is 4.66. The number of nitrogens with one attached hydrogen (secondary N) is 3. The fourth-order valence-electron chi connectivity index (χ4n) is 5.07. The number of aromatic nitrogens is 1. The van der Waals surface area contributed by atoms with Crippen LogP contribution in [0.25, 0.3) is 0 Å².